The molecule has 0 atom stereocenters. The number of aromatic nitrogens is 2. The minimum Gasteiger partial charge on any atom is -0.369 e. The summed E-state index contributed by atoms with van der Waals surface area (Å²) >= 11 is 0. The molecule has 0 unspecified atom stereocenters. The summed E-state index contributed by atoms with van der Waals surface area (Å²) in [7, 11) is 4.39. The minimum atomic E-state index is -0.0759. The third-order valence-corrected chi connectivity index (χ3v) is 8.36. The highest BCUT2D eigenvalue weighted by molar-refractivity contribution is 5.78. The summed E-state index contributed by atoms with van der Waals surface area (Å²) in [5.74, 6) is 0.556. The summed E-state index contributed by atoms with van der Waals surface area (Å²) in [4.78, 5) is 28.1. The van der Waals surface area contributed by atoms with Gasteiger partial charge in [0, 0.05) is 31.7 Å². The molecule has 0 bridgehead atoms. The van der Waals surface area contributed by atoms with Gasteiger partial charge in [0.05, 0.1) is 23.6 Å². The van der Waals surface area contributed by atoms with Gasteiger partial charge in [-0.05, 0) is 64.1 Å². The molecule has 0 radical (unpaired) electrons. The number of anilines is 1. The average molecular weight is 449 g/mol. The van der Waals surface area contributed by atoms with Crippen LogP contribution in [0.1, 0.15) is 44.1 Å². The van der Waals surface area contributed by atoms with Gasteiger partial charge in [0.25, 0.3) is 0 Å². The fourth-order valence-corrected chi connectivity index (χ4v) is 6.24. The Hall–Kier alpha value is -2.67. The molecule has 33 heavy (non-hydrogen) atoms. The number of carbonyl (C=O) groups is 1. The maximum absolute atomic E-state index is 12.9. The van der Waals surface area contributed by atoms with Gasteiger partial charge in [-0.2, -0.15) is 0 Å². The van der Waals surface area contributed by atoms with Gasteiger partial charge in [-0.25, -0.2) is 14.8 Å². The molecule has 2 aromatic rings. The lowest BCUT2D eigenvalue weighted by Crippen LogP contribution is -2.54. The normalized spacial score (nSPS) is 28.5. The van der Waals surface area contributed by atoms with Crippen LogP contribution >= 0.6 is 0 Å². The number of hydrogen-bond donors (Lipinski definition) is 1. The zero-order valence-corrected chi connectivity index (χ0v) is 19.9. The molecular weight excluding hydrogens is 412 g/mol. The molecule has 176 valence electrons. The first-order valence-electron chi connectivity index (χ1n) is 12.3. The van der Waals surface area contributed by atoms with Crippen molar-refractivity contribution >= 4 is 11.7 Å². The summed E-state index contributed by atoms with van der Waals surface area (Å²) < 4.78 is 0. The van der Waals surface area contributed by atoms with Crippen LogP contribution in [0, 0.1) is 5.92 Å². The van der Waals surface area contributed by atoms with E-state index in [2.05, 4.69) is 74.4 Å². The van der Waals surface area contributed by atoms with Crippen LogP contribution in [0.4, 0.5) is 10.5 Å². The third kappa shape index (κ3) is 4.31. The molecule has 3 heterocycles. The maximum atomic E-state index is 12.9. The molecule has 1 aromatic heterocycles. The number of benzene rings is 1. The molecule has 3 aliphatic rings. The molecule has 1 saturated carbocycles. The van der Waals surface area contributed by atoms with Crippen LogP contribution in [0.15, 0.2) is 49.1 Å². The van der Waals surface area contributed by atoms with E-state index in [-0.39, 0.29) is 17.1 Å². The van der Waals surface area contributed by atoms with Gasteiger partial charge in [-0.15, -0.1) is 0 Å². The molecule has 5 rings (SSSR count). The van der Waals surface area contributed by atoms with E-state index in [0.29, 0.717) is 5.92 Å². The van der Waals surface area contributed by atoms with Crippen LogP contribution < -0.4 is 10.2 Å². The second-order valence-corrected chi connectivity index (χ2v) is 10.4. The van der Waals surface area contributed by atoms with Crippen molar-refractivity contribution in [1.82, 2.24) is 25.1 Å². The van der Waals surface area contributed by atoms with Gasteiger partial charge in [-0.1, -0.05) is 30.3 Å². The van der Waals surface area contributed by atoms with Crippen LogP contribution in [0.2, 0.25) is 0 Å². The van der Waals surface area contributed by atoms with E-state index in [1.165, 1.54) is 5.56 Å². The Morgan fingerprint density at radius 3 is 2.33 bits per heavy atom. The molecule has 3 fully saturated rings. The molecule has 1 N–H and O–H groups in total. The van der Waals surface area contributed by atoms with Gasteiger partial charge in [0.2, 0.25) is 0 Å². The summed E-state index contributed by atoms with van der Waals surface area (Å²) in [5.41, 5.74) is 2.46. The van der Waals surface area contributed by atoms with Crippen LogP contribution in [-0.2, 0) is 5.54 Å². The lowest BCUT2D eigenvalue weighted by atomic mass is 9.69. The number of piperidine rings is 1. The Morgan fingerprint density at radius 2 is 1.70 bits per heavy atom. The monoisotopic (exact) mass is 448 g/mol. The number of carbonyl (C=O) groups excluding carboxylic acids is 1. The number of amides is 2. The first-order chi connectivity index (χ1) is 16.0. The van der Waals surface area contributed by atoms with Gasteiger partial charge >= 0.3 is 6.03 Å². The molecule has 2 amide bonds. The molecule has 1 spiro atoms. The van der Waals surface area contributed by atoms with Crippen LogP contribution in [0.5, 0.6) is 0 Å². The molecule has 2 saturated heterocycles. The van der Waals surface area contributed by atoms with Crippen molar-refractivity contribution in [1.29, 1.82) is 0 Å². The maximum Gasteiger partial charge on any atom is 0.317 e. The summed E-state index contributed by atoms with van der Waals surface area (Å²) in [6.07, 6.45) is 11.7. The second kappa shape index (κ2) is 8.93. The van der Waals surface area contributed by atoms with Crippen molar-refractivity contribution in [3.8, 4) is 0 Å². The Bertz CT molecular complexity index is 934. The Kier molecular flexibility index (Phi) is 5.99. The predicted octanol–water partition coefficient (Wildman–Crippen LogP) is 3.49. The summed E-state index contributed by atoms with van der Waals surface area (Å²) in [6, 6.07) is 11.0. The van der Waals surface area contributed by atoms with E-state index in [9.17, 15) is 4.79 Å². The van der Waals surface area contributed by atoms with Gasteiger partial charge in [-0.3, -0.25) is 4.90 Å². The number of urea groups is 1. The second-order valence-electron chi connectivity index (χ2n) is 10.4. The zero-order chi connectivity index (χ0) is 22.9. The molecule has 2 aliphatic heterocycles. The lowest BCUT2D eigenvalue weighted by molar-refractivity contribution is 0.0613. The molecule has 7 heteroatoms. The van der Waals surface area contributed by atoms with Gasteiger partial charge in [0.15, 0.2) is 0 Å². The van der Waals surface area contributed by atoms with Crippen LogP contribution in [0.3, 0.4) is 0 Å². The van der Waals surface area contributed by atoms with Crippen molar-refractivity contribution < 1.29 is 4.79 Å². The highest BCUT2D eigenvalue weighted by Crippen LogP contribution is 2.46. The minimum absolute atomic E-state index is 0.0542. The van der Waals surface area contributed by atoms with Crippen molar-refractivity contribution in [2.45, 2.75) is 49.6 Å². The lowest BCUT2D eigenvalue weighted by Gasteiger charge is -2.48. The highest BCUT2D eigenvalue weighted by Gasteiger charge is 2.50. The van der Waals surface area contributed by atoms with E-state index in [1.54, 1.807) is 6.33 Å². The largest absolute Gasteiger partial charge is 0.369 e. The van der Waals surface area contributed by atoms with E-state index in [4.69, 9.17) is 0 Å². The van der Waals surface area contributed by atoms with Crippen LogP contribution in [-0.4, -0.2) is 71.6 Å². The standard InChI is InChI=1S/C26H36N6O/c1-30(2)26(22-6-4-3-5-7-22)12-10-25(11-13-26)19-32(24(33)29-25)18-21-8-14-31(15-9-21)23-16-27-20-28-17-23/h3-7,16-17,20-21H,8-15,18-19H2,1-2H3,(H,29,33). The quantitative estimate of drug-likeness (QED) is 0.759. The van der Waals surface area contributed by atoms with E-state index >= 15 is 0 Å². The molecule has 1 aliphatic carbocycles. The smallest absolute Gasteiger partial charge is 0.317 e. The average Bonchev–Trinajstić information content (AvgIpc) is 3.15. The van der Waals surface area contributed by atoms with Crippen molar-refractivity contribution in [3.63, 3.8) is 0 Å². The van der Waals surface area contributed by atoms with E-state index < -0.39 is 0 Å². The number of rotatable bonds is 5. The fourth-order valence-electron chi connectivity index (χ4n) is 6.24. The summed E-state index contributed by atoms with van der Waals surface area (Å²) in [6.45, 7) is 3.71. The Labute approximate surface area is 197 Å². The van der Waals surface area contributed by atoms with E-state index in [0.717, 1.165) is 70.4 Å². The zero-order valence-electron chi connectivity index (χ0n) is 19.9. The molecular formula is C26H36N6O. The first-order valence-corrected chi connectivity index (χ1v) is 12.3. The van der Waals surface area contributed by atoms with E-state index in [1.807, 2.05) is 12.4 Å². The van der Waals surface area contributed by atoms with Crippen molar-refractivity contribution in [2.75, 3.05) is 45.2 Å². The number of nitrogens with zero attached hydrogens (tertiary/aromatic N) is 5. The van der Waals surface area contributed by atoms with Gasteiger partial charge < -0.3 is 15.1 Å². The fraction of sp³-hybridized carbons (Fsp3) is 0.577. The topological polar surface area (TPSA) is 64.6 Å². The first kappa shape index (κ1) is 22.1. The Morgan fingerprint density at radius 1 is 1.03 bits per heavy atom. The van der Waals surface area contributed by atoms with Crippen molar-refractivity contribution in [2.24, 2.45) is 5.92 Å². The number of nitrogens with one attached hydrogen (secondary N) is 1. The molecule has 1 aromatic carbocycles. The van der Waals surface area contributed by atoms with Gasteiger partial charge in [0.1, 0.15) is 6.33 Å². The SMILES string of the molecule is CN(C)C1(c2ccccc2)CCC2(CC1)CN(CC1CCN(c3cncnc3)CC1)C(=O)N2. The Balaban J connectivity index is 1.18. The predicted molar refractivity (Wildman–Crippen MR) is 130 cm³/mol. The highest BCUT2D eigenvalue weighted by atomic mass is 16.2. The van der Waals surface area contributed by atoms with Crippen LogP contribution in [0.25, 0.3) is 0 Å². The molecule has 7 nitrogen and oxygen atoms in total. The summed E-state index contributed by atoms with van der Waals surface area (Å²) in [5, 5.41) is 3.41. The third-order valence-electron chi connectivity index (χ3n) is 8.36. The van der Waals surface area contributed by atoms with Crippen molar-refractivity contribution in [3.05, 3.63) is 54.6 Å². The number of hydrogen-bond acceptors (Lipinski definition) is 5.